The van der Waals surface area contributed by atoms with Gasteiger partial charge in [0.05, 0.1) is 27.8 Å². The minimum absolute atomic E-state index is 0.0940. The van der Waals surface area contributed by atoms with E-state index in [1.165, 1.54) is 24.1 Å². The van der Waals surface area contributed by atoms with Gasteiger partial charge in [0.15, 0.2) is 0 Å². The highest BCUT2D eigenvalue weighted by atomic mass is 35.5. The first kappa shape index (κ1) is 18.0. The van der Waals surface area contributed by atoms with Crippen LogP contribution in [0.25, 0.3) is 0 Å². The van der Waals surface area contributed by atoms with Gasteiger partial charge < -0.3 is 15.3 Å². The zero-order valence-corrected chi connectivity index (χ0v) is 13.4. The van der Waals surface area contributed by atoms with Gasteiger partial charge in [-0.15, -0.1) is 0 Å². The molecular weight excluding hydrogens is 322 g/mol. The highest BCUT2D eigenvalue weighted by molar-refractivity contribution is 7.99. The minimum atomic E-state index is -2.64. The first-order valence-corrected chi connectivity index (χ1v) is 7.34. The number of aliphatic hydroxyl groups is 1. The number of hydrogen-bond donors (Lipinski definition) is 2. The van der Waals surface area contributed by atoms with E-state index >= 15 is 0 Å². The number of carbonyl (C=O) groups is 1. The van der Waals surface area contributed by atoms with Crippen molar-refractivity contribution in [3.63, 3.8) is 0 Å². The Balaban J connectivity index is 2.87. The fourth-order valence-electron chi connectivity index (χ4n) is 1.68. The molecule has 0 aliphatic heterocycles. The average molecular weight is 339 g/mol. The maximum absolute atomic E-state index is 12.5. The minimum Gasteiger partial charge on any atom is -0.389 e. The molecule has 1 aromatic carbocycles. The second-order valence-corrected chi connectivity index (χ2v) is 6.50. The summed E-state index contributed by atoms with van der Waals surface area (Å²) in [5.41, 5.74) is -0.846. The molecule has 4 nitrogen and oxygen atoms in total. The van der Waals surface area contributed by atoms with Crippen LogP contribution in [0.4, 0.5) is 19.3 Å². The van der Waals surface area contributed by atoms with E-state index in [2.05, 4.69) is 5.32 Å². The van der Waals surface area contributed by atoms with Crippen LogP contribution in [0.2, 0.25) is 5.02 Å². The number of halogens is 3. The summed E-state index contributed by atoms with van der Waals surface area (Å²) in [6.45, 7) is 3.22. The van der Waals surface area contributed by atoms with E-state index in [-0.39, 0.29) is 33.9 Å². The Labute approximate surface area is 131 Å². The molecule has 1 rings (SSSR count). The number of rotatable bonds is 5. The largest absolute Gasteiger partial charge is 0.389 e. The van der Waals surface area contributed by atoms with Gasteiger partial charge in [0, 0.05) is 7.05 Å². The van der Waals surface area contributed by atoms with E-state index in [0.717, 1.165) is 0 Å². The van der Waals surface area contributed by atoms with Crippen molar-refractivity contribution in [3.05, 3.63) is 23.2 Å². The summed E-state index contributed by atoms with van der Waals surface area (Å²) in [5, 5.41) is 12.3. The topological polar surface area (TPSA) is 52.6 Å². The molecule has 0 saturated carbocycles. The van der Waals surface area contributed by atoms with Crippen molar-refractivity contribution < 1.29 is 18.7 Å². The molecule has 0 aliphatic carbocycles. The highest BCUT2D eigenvalue weighted by Crippen LogP contribution is 2.37. The maximum atomic E-state index is 12.5. The maximum Gasteiger partial charge on any atom is 0.321 e. The van der Waals surface area contributed by atoms with Gasteiger partial charge in [-0.05, 0) is 26.0 Å². The predicted octanol–water partition coefficient (Wildman–Crippen LogP) is 3.89. The molecule has 2 amide bonds. The van der Waals surface area contributed by atoms with Gasteiger partial charge in [0.25, 0.3) is 5.76 Å². The van der Waals surface area contributed by atoms with Gasteiger partial charge in [-0.2, -0.15) is 8.78 Å². The molecule has 8 heteroatoms. The Bertz CT molecular complexity index is 509. The third-order valence-electron chi connectivity index (χ3n) is 2.39. The lowest BCUT2D eigenvalue weighted by Gasteiger charge is -2.26. The van der Waals surface area contributed by atoms with Crippen LogP contribution < -0.4 is 5.32 Å². The van der Waals surface area contributed by atoms with Gasteiger partial charge >= 0.3 is 6.03 Å². The number of carbonyl (C=O) groups excluding carboxylic acids is 1. The van der Waals surface area contributed by atoms with Crippen molar-refractivity contribution in [1.82, 2.24) is 4.90 Å². The zero-order valence-electron chi connectivity index (χ0n) is 11.9. The molecule has 21 heavy (non-hydrogen) atoms. The molecule has 118 valence electrons. The molecule has 1 aromatic rings. The first-order chi connectivity index (χ1) is 9.60. The highest BCUT2D eigenvalue weighted by Gasteiger charge is 2.21. The Morgan fingerprint density at radius 3 is 2.67 bits per heavy atom. The molecule has 0 saturated heterocycles. The quantitative estimate of drug-likeness (QED) is 0.801. The van der Waals surface area contributed by atoms with Crippen LogP contribution in [0.1, 0.15) is 13.8 Å². The Kier molecular flexibility index (Phi) is 6.24. The standard InChI is InChI=1S/C13H17ClF2N2O2S/c1-13(2,20)7-18(3)12(19)17-9-6-4-5-8(14)10(9)21-11(15)16/h4-6,11,20H,7H2,1-3H3,(H,17,19). The van der Waals surface area contributed by atoms with Crippen molar-refractivity contribution >= 4 is 35.1 Å². The van der Waals surface area contributed by atoms with Crippen LogP contribution in [-0.2, 0) is 0 Å². The monoisotopic (exact) mass is 338 g/mol. The summed E-state index contributed by atoms with van der Waals surface area (Å²) in [4.78, 5) is 13.4. The smallest absolute Gasteiger partial charge is 0.321 e. The summed E-state index contributed by atoms with van der Waals surface area (Å²) in [6.07, 6.45) is 0. The number of nitrogens with zero attached hydrogens (tertiary/aromatic N) is 1. The Morgan fingerprint density at radius 2 is 2.14 bits per heavy atom. The summed E-state index contributed by atoms with van der Waals surface area (Å²) in [5.74, 6) is -2.64. The van der Waals surface area contributed by atoms with Gasteiger partial charge in [-0.25, -0.2) is 4.79 Å². The van der Waals surface area contributed by atoms with Crippen molar-refractivity contribution in [3.8, 4) is 0 Å². The SMILES string of the molecule is CN(CC(C)(C)O)C(=O)Nc1cccc(Cl)c1SC(F)F. The van der Waals surface area contributed by atoms with Crippen LogP contribution in [0.5, 0.6) is 0 Å². The zero-order chi connectivity index (χ0) is 16.2. The fourth-order valence-corrected chi connectivity index (χ4v) is 2.59. The molecule has 0 bridgehead atoms. The van der Waals surface area contributed by atoms with Gasteiger partial charge in [-0.3, -0.25) is 0 Å². The number of amides is 2. The lowest BCUT2D eigenvalue weighted by molar-refractivity contribution is 0.0550. The molecule has 0 radical (unpaired) electrons. The second kappa shape index (κ2) is 7.29. The van der Waals surface area contributed by atoms with Crippen LogP contribution in [0, 0.1) is 0 Å². The number of hydrogen-bond acceptors (Lipinski definition) is 3. The van der Waals surface area contributed by atoms with E-state index in [9.17, 15) is 18.7 Å². The lowest BCUT2D eigenvalue weighted by Crippen LogP contribution is -2.41. The van der Waals surface area contributed by atoms with Gasteiger partial charge in [0.1, 0.15) is 0 Å². The summed E-state index contributed by atoms with van der Waals surface area (Å²) >= 11 is 6.15. The Hall–Kier alpha value is -1.05. The number of benzene rings is 1. The first-order valence-electron chi connectivity index (χ1n) is 6.08. The number of nitrogens with one attached hydrogen (secondary N) is 1. The molecule has 0 atom stereocenters. The summed E-state index contributed by atoms with van der Waals surface area (Å²) in [7, 11) is 1.50. The molecule has 0 fully saturated rings. The van der Waals surface area contributed by atoms with E-state index in [0.29, 0.717) is 0 Å². The predicted molar refractivity (Wildman–Crippen MR) is 81.3 cm³/mol. The summed E-state index contributed by atoms with van der Waals surface area (Å²) < 4.78 is 25.1. The number of anilines is 1. The van der Waals surface area contributed by atoms with Crippen LogP contribution in [0.3, 0.4) is 0 Å². The number of urea groups is 1. The van der Waals surface area contributed by atoms with Crippen LogP contribution in [-0.4, -0.2) is 41.0 Å². The van der Waals surface area contributed by atoms with Crippen molar-refractivity contribution in [2.24, 2.45) is 0 Å². The number of thioether (sulfide) groups is 1. The molecule has 0 spiro atoms. The molecular formula is C13H17ClF2N2O2S. The molecule has 0 aromatic heterocycles. The molecule has 0 heterocycles. The Morgan fingerprint density at radius 1 is 1.52 bits per heavy atom. The molecule has 0 aliphatic rings. The fraction of sp³-hybridized carbons (Fsp3) is 0.462. The normalized spacial score (nSPS) is 11.6. The lowest BCUT2D eigenvalue weighted by atomic mass is 10.1. The summed E-state index contributed by atoms with van der Waals surface area (Å²) in [6, 6.07) is 4.01. The van der Waals surface area contributed by atoms with Crippen LogP contribution >= 0.6 is 23.4 Å². The van der Waals surface area contributed by atoms with Crippen molar-refractivity contribution in [2.75, 3.05) is 18.9 Å². The number of alkyl halides is 2. The third-order valence-corrected chi connectivity index (χ3v) is 3.67. The van der Waals surface area contributed by atoms with Crippen LogP contribution in [0.15, 0.2) is 23.1 Å². The van der Waals surface area contributed by atoms with E-state index in [4.69, 9.17) is 11.6 Å². The molecule has 0 unspecified atom stereocenters. The average Bonchev–Trinajstić information content (AvgIpc) is 2.31. The van der Waals surface area contributed by atoms with Crippen molar-refractivity contribution in [2.45, 2.75) is 30.1 Å². The van der Waals surface area contributed by atoms with E-state index in [1.807, 2.05) is 0 Å². The third kappa shape index (κ3) is 6.07. The molecule has 2 N–H and O–H groups in total. The van der Waals surface area contributed by atoms with E-state index < -0.39 is 17.4 Å². The second-order valence-electron chi connectivity index (χ2n) is 5.09. The van der Waals surface area contributed by atoms with Gasteiger partial charge in [-0.1, -0.05) is 29.4 Å². The number of likely N-dealkylation sites (N-methyl/N-ethyl adjacent to an activating group) is 1. The van der Waals surface area contributed by atoms with Gasteiger partial charge in [0.2, 0.25) is 0 Å². The van der Waals surface area contributed by atoms with Crippen molar-refractivity contribution in [1.29, 1.82) is 0 Å². The van der Waals surface area contributed by atoms with E-state index in [1.54, 1.807) is 19.9 Å².